The summed E-state index contributed by atoms with van der Waals surface area (Å²) in [5.41, 5.74) is 0.111. The van der Waals surface area contributed by atoms with Gasteiger partial charge in [0, 0.05) is 32.0 Å². The largest absolute Gasteiger partial charge is 0.466 e. The maximum absolute atomic E-state index is 13.8. The van der Waals surface area contributed by atoms with Gasteiger partial charge in [-0.25, -0.2) is 13.8 Å². The fourth-order valence-corrected chi connectivity index (χ4v) is 3.27. The lowest BCUT2D eigenvalue weighted by molar-refractivity contribution is -0.151. The van der Waals surface area contributed by atoms with Gasteiger partial charge in [-0.05, 0) is 31.9 Å². The van der Waals surface area contributed by atoms with E-state index in [4.69, 9.17) is 9.15 Å². The second-order valence-electron chi connectivity index (χ2n) is 6.67. The van der Waals surface area contributed by atoms with Gasteiger partial charge in [-0.3, -0.25) is 9.59 Å². The summed E-state index contributed by atoms with van der Waals surface area (Å²) in [5.74, 6) is -1.58. The first-order valence-electron chi connectivity index (χ1n) is 9.32. The van der Waals surface area contributed by atoms with Crippen LogP contribution in [0.4, 0.5) is 8.78 Å². The highest BCUT2D eigenvalue weighted by molar-refractivity contribution is 5.78. The van der Waals surface area contributed by atoms with E-state index in [0.29, 0.717) is 25.6 Å². The topological polar surface area (TPSA) is 72.6 Å². The van der Waals surface area contributed by atoms with E-state index in [-0.39, 0.29) is 42.0 Å². The molecule has 1 fully saturated rings. The van der Waals surface area contributed by atoms with Gasteiger partial charge < -0.3 is 14.1 Å². The molecular weight excluding hydrogens is 370 g/mol. The number of likely N-dealkylation sites (tertiary alicyclic amines) is 1. The summed E-state index contributed by atoms with van der Waals surface area (Å²) < 4.78 is 37.4. The predicted octanol–water partition coefficient (Wildman–Crippen LogP) is 3.35. The average molecular weight is 392 g/mol. The van der Waals surface area contributed by atoms with Gasteiger partial charge in [0.05, 0.1) is 24.3 Å². The second-order valence-corrected chi connectivity index (χ2v) is 6.67. The Hall–Kier alpha value is -2.77. The molecule has 1 aromatic carbocycles. The number of benzene rings is 1. The van der Waals surface area contributed by atoms with Crippen LogP contribution in [0.15, 0.2) is 28.8 Å². The molecular formula is C20H22F2N2O4. The van der Waals surface area contributed by atoms with Gasteiger partial charge in [-0.2, -0.15) is 0 Å². The fraction of sp³-hybridized carbons (Fsp3) is 0.450. The van der Waals surface area contributed by atoms with Gasteiger partial charge in [-0.15, -0.1) is 0 Å². The van der Waals surface area contributed by atoms with Crippen molar-refractivity contribution in [3.8, 4) is 11.3 Å². The van der Waals surface area contributed by atoms with E-state index in [9.17, 15) is 18.4 Å². The standard InChI is InChI=1S/C20H22F2N2O4/c1-2-27-20(26)13-4-3-9-24(12-13)19(25)8-7-18-23-11-17(28-18)15-6-5-14(21)10-16(15)22/h5-6,10-11,13H,2-4,7-9,12H2,1H3. The van der Waals surface area contributed by atoms with Crippen molar-refractivity contribution in [1.82, 2.24) is 9.88 Å². The van der Waals surface area contributed by atoms with Gasteiger partial charge in [0.2, 0.25) is 5.91 Å². The number of ether oxygens (including phenoxy) is 1. The smallest absolute Gasteiger partial charge is 0.310 e. The van der Waals surface area contributed by atoms with Gasteiger partial charge in [-0.1, -0.05) is 0 Å². The molecule has 0 aliphatic carbocycles. The summed E-state index contributed by atoms with van der Waals surface area (Å²) in [6, 6.07) is 3.20. The number of halogens is 2. The molecule has 1 atom stereocenters. The number of aromatic nitrogens is 1. The molecule has 1 amide bonds. The van der Waals surface area contributed by atoms with Crippen molar-refractivity contribution < 1.29 is 27.5 Å². The summed E-state index contributed by atoms with van der Waals surface area (Å²) in [7, 11) is 0. The van der Waals surface area contributed by atoms with Crippen LogP contribution in [0.25, 0.3) is 11.3 Å². The van der Waals surface area contributed by atoms with Crippen molar-refractivity contribution in [2.45, 2.75) is 32.6 Å². The Labute approximate surface area is 161 Å². The van der Waals surface area contributed by atoms with Crippen LogP contribution in [0, 0.1) is 17.6 Å². The first-order chi connectivity index (χ1) is 13.5. The van der Waals surface area contributed by atoms with Crippen molar-refractivity contribution in [3.05, 3.63) is 41.9 Å². The molecule has 1 saturated heterocycles. The van der Waals surface area contributed by atoms with Crippen LogP contribution in [0.3, 0.4) is 0 Å². The molecule has 0 N–H and O–H groups in total. The van der Waals surface area contributed by atoms with Gasteiger partial charge in [0.25, 0.3) is 0 Å². The number of rotatable bonds is 6. The Kier molecular flexibility index (Phi) is 6.38. The molecule has 3 rings (SSSR count). The molecule has 2 aromatic rings. The first kappa shape index (κ1) is 20.0. The Morgan fingerprint density at radius 1 is 1.36 bits per heavy atom. The van der Waals surface area contributed by atoms with E-state index >= 15 is 0 Å². The van der Waals surface area contributed by atoms with E-state index < -0.39 is 11.6 Å². The molecule has 28 heavy (non-hydrogen) atoms. The first-order valence-corrected chi connectivity index (χ1v) is 9.32. The summed E-state index contributed by atoms with van der Waals surface area (Å²) in [5, 5.41) is 0. The van der Waals surface area contributed by atoms with E-state index in [2.05, 4.69) is 4.98 Å². The van der Waals surface area contributed by atoms with Crippen molar-refractivity contribution in [2.75, 3.05) is 19.7 Å². The molecule has 2 heterocycles. The summed E-state index contributed by atoms with van der Waals surface area (Å²) in [4.78, 5) is 30.1. The third-order valence-corrected chi connectivity index (χ3v) is 4.70. The molecule has 150 valence electrons. The van der Waals surface area contributed by atoms with Gasteiger partial charge in [0.15, 0.2) is 11.7 Å². The molecule has 1 aliphatic heterocycles. The molecule has 0 bridgehead atoms. The minimum atomic E-state index is -0.739. The quantitative estimate of drug-likeness (QED) is 0.705. The highest BCUT2D eigenvalue weighted by Gasteiger charge is 2.29. The number of carbonyl (C=O) groups excluding carboxylic acids is 2. The SMILES string of the molecule is CCOC(=O)C1CCCN(C(=O)CCc2ncc(-c3ccc(F)cc3F)o2)C1. The Balaban J connectivity index is 1.56. The molecule has 0 saturated carbocycles. The normalized spacial score (nSPS) is 16.8. The third kappa shape index (κ3) is 4.74. The third-order valence-electron chi connectivity index (χ3n) is 4.70. The zero-order chi connectivity index (χ0) is 20.1. The number of carbonyl (C=O) groups is 2. The summed E-state index contributed by atoms with van der Waals surface area (Å²) >= 11 is 0. The van der Waals surface area contributed by atoms with Crippen LogP contribution < -0.4 is 0 Å². The lowest BCUT2D eigenvalue weighted by atomic mass is 9.98. The Morgan fingerprint density at radius 3 is 2.93 bits per heavy atom. The van der Waals surface area contributed by atoms with E-state index in [1.165, 1.54) is 12.3 Å². The van der Waals surface area contributed by atoms with Crippen LogP contribution in [0.2, 0.25) is 0 Å². The monoisotopic (exact) mass is 392 g/mol. The highest BCUT2D eigenvalue weighted by atomic mass is 19.1. The molecule has 6 nitrogen and oxygen atoms in total. The number of hydrogen-bond donors (Lipinski definition) is 0. The molecule has 8 heteroatoms. The minimum Gasteiger partial charge on any atom is -0.466 e. The maximum atomic E-state index is 13.8. The van der Waals surface area contributed by atoms with Gasteiger partial charge in [0.1, 0.15) is 11.6 Å². The predicted molar refractivity (Wildman–Crippen MR) is 96.1 cm³/mol. The lowest BCUT2D eigenvalue weighted by Crippen LogP contribution is -2.42. The average Bonchev–Trinajstić information content (AvgIpc) is 3.15. The maximum Gasteiger partial charge on any atom is 0.310 e. The fourth-order valence-electron chi connectivity index (χ4n) is 3.27. The van der Waals surface area contributed by atoms with Crippen molar-refractivity contribution in [3.63, 3.8) is 0 Å². The zero-order valence-corrected chi connectivity index (χ0v) is 15.6. The minimum absolute atomic E-state index is 0.0956. The van der Waals surface area contributed by atoms with Crippen LogP contribution in [-0.2, 0) is 20.7 Å². The number of nitrogens with zero attached hydrogens (tertiary/aromatic N) is 2. The van der Waals surface area contributed by atoms with Crippen molar-refractivity contribution >= 4 is 11.9 Å². The van der Waals surface area contributed by atoms with Crippen molar-refractivity contribution in [1.29, 1.82) is 0 Å². The van der Waals surface area contributed by atoms with Crippen LogP contribution >= 0.6 is 0 Å². The van der Waals surface area contributed by atoms with Crippen LogP contribution in [0.5, 0.6) is 0 Å². The lowest BCUT2D eigenvalue weighted by Gasteiger charge is -2.31. The van der Waals surface area contributed by atoms with E-state index in [0.717, 1.165) is 25.0 Å². The summed E-state index contributed by atoms with van der Waals surface area (Å²) in [6.07, 6.45) is 3.24. The molecule has 0 radical (unpaired) electrons. The van der Waals surface area contributed by atoms with Crippen LogP contribution in [-0.4, -0.2) is 41.5 Å². The van der Waals surface area contributed by atoms with Crippen LogP contribution in [0.1, 0.15) is 32.1 Å². The molecule has 0 spiro atoms. The number of piperidine rings is 1. The Morgan fingerprint density at radius 2 is 2.18 bits per heavy atom. The zero-order valence-electron chi connectivity index (χ0n) is 15.6. The van der Waals surface area contributed by atoms with Crippen molar-refractivity contribution in [2.24, 2.45) is 5.92 Å². The molecule has 1 aromatic heterocycles. The number of aryl methyl sites for hydroxylation is 1. The Bertz CT molecular complexity index is 852. The van der Waals surface area contributed by atoms with E-state index in [1.807, 2.05) is 0 Å². The summed E-state index contributed by atoms with van der Waals surface area (Å²) in [6.45, 7) is 3.04. The number of hydrogen-bond acceptors (Lipinski definition) is 5. The van der Waals surface area contributed by atoms with Gasteiger partial charge >= 0.3 is 5.97 Å². The number of oxazole rings is 1. The van der Waals surface area contributed by atoms with E-state index in [1.54, 1.807) is 11.8 Å². The molecule has 1 aliphatic rings. The highest BCUT2D eigenvalue weighted by Crippen LogP contribution is 2.25. The number of esters is 1. The second kappa shape index (κ2) is 8.95. The molecule has 1 unspecified atom stereocenters. The number of amides is 1.